The quantitative estimate of drug-likeness (QED) is 0.748. The Morgan fingerprint density at radius 1 is 1.43 bits per heavy atom. The number of aryl methyl sites for hydroxylation is 1. The van der Waals surface area contributed by atoms with Crippen molar-refractivity contribution in [2.24, 2.45) is 0 Å². The fourth-order valence-corrected chi connectivity index (χ4v) is 3.52. The topological polar surface area (TPSA) is 38.3 Å². The van der Waals surface area contributed by atoms with Gasteiger partial charge in [0.1, 0.15) is 5.54 Å². The largest absolute Gasteiger partial charge is 0.465 e. The van der Waals surface area contributed by atoms with Gasteiger partial charge in [0, 0.05) is 17.5 Å². The third kappa shape index (κ3) is 4.75. The molecule has 0 amide bonds. The summed E-state index contributed by atoms with van der Waals surface area (Å²) in [5.41, 5.74) is 2.06. The van der Waals surface area contributed by atoms with Gasteiger partial charge < -0.3 is 4.74 Å². The Labute approximate surface area is 131 Å². The highest BCUT2D eigenvalue weighted by Gasteiger charge is 2.39. The lowest BCUT2D eigenvalue weighted by molar-refractivity contribution is -0.149. The van der Waals surface area contributed by atoms with Gasteiger partial charge in [0.05, 0.1) is 6.61 Å². The Morgan fingerprint density at radius 2 is 2.14 bits per heavy atom. The van der Waals surface area contributed by atoms with Gasteiger partial charge in [-0.3, -0.25) is 10.1 Å². The van der Waals surface area contributed by atoms with E-state index in [1.165, 1.54) is 11.1 Å². The third-order valence-electron chi connectivity index (χ3n) is 3.74. The van der Waals surface area contributed by atoms with Crippen LogP contribution in [0.15, 0.2) is 24.3 Å². The molecular weight excluding hydrogens is 282 g/mol. The maximum absolute atomic E-state index is 12.2. The molecular formula is C17H25NO2S. The van der Waals surface area contributed by atoms with E-state index in [2.05, 4.69) is 36.5 Å². The van der Waals surface area contributed by atoms with Gasteiger partial charge in [-0.1, -0.05) is 24.3 Å². The van der Waals surface area contributed by atoms with E-state index >= 15 is 0 Å². The molecule has 0 bridgehead atoms. The van der Waals surface area contributed by atoms with Crippen LogP contribution in [0.25, 0.3) is 0 Å². The van der Waals surface area contributed by atoms with Crippen molar-refractivity contribution in [2.75, 3.05) is 12.4 Å². The number of rotatable bonds is 8. The van der Waals surface area contributed by atoms with Crippen LogP contribution in [0.2, 0.25) is 0 Å². The highest BCUT2D eigenvalue weighted by atomic mass is 32.2. The van der Waals surface area contributed by atoms with Crippen molar-refractivity contribution < 1.29 is 9.53 Å². The van der Waals surface area contributed by atoms with Gasteiger partial charge in [0.15, 0.2) is 0 Å². The lowest BCUT2D eigenvalue weighted by Crippen LogP contribution is -2.53. The molecule has 1 fully saturated rings. The van der Waals surface area contributed by atoms with Gasteiger partial charge in [-0.25, -0.2) is 0 Å². The summed E-state index contributed by atoms with van der Waals surface area (Å²) in [5, 5.41) is 3.46. The smallest absolute Gasteiger partial charge is 0.326 e. The molecule has 0 aromatic heterocycles. The van der Waals surface area contributed by atoms with Crippen molar-refractivity contribution in [2.45, 2.75) is 50.9 Å². The maximum atomic E-state index is 12.2. The standard InChI is InChI=1S/C17H25NO2S/c1-4-20-16(19)17(3,18-15-9-10-15)12-21-11-14-8-6-5-7-13(14)2/h5-8,15,18H,4,9-12H2,1-3H3. The number of carbonyl (C=O) groups is 1. The Bertz CT molecular complexity index is 487. The average Bonchev–Trinajstić information content (AvgIpc) is 3.25. The van der Waals surface area contributed by atoms with Crippen molar-refractivity contribution in [3.63, 3.8) is 0 Å². The third-order valence-corrected chi connectivity index (χ3v) is 5.03. The summed E-state index contributed by atoms with van der Waals surface area (Å²) in [4.78, 5) is 12.2. The molecule has 1 aromatic carbocycles. The molecule has 1 aliphatic rings. The molecule has 0 saturated heterocycles. The molecule has 4 heteroatoms. The highest BCUT2D eigenvalue weighted by molar-refractivity contribution is 7.98. The van der Waals surface area contributed by atoms with Crippen LogP contribution >= 0.6 is 11.8 Å². The molecule has 0 heterocycles. The summed E-state index contributed by atoms with van der Waals surface area (Å²) in [7, 11) is 0. The van der Waals surface area contributed by atoms with Crippen molar-refractivity contribution >= 4 is 17.7 Å². The molecule has 1 unspecified atom stereocenters. The zero-order chi connectivity index (χ0) is 15.3. The average molecular weight is 307 g/mol. The highest BCUT2D eigenvalue weighted by Crippen LogP contribution is 2.27. The number of hydrogen-bond acceptors (Lipinski definition) is 4. The van der Waals surface area contributed by atoms with Crippen molar-refractivity contribution in [1.82, 2.24) is 5.32 Å². The second kappa shape index (κ2) is 7.32. The van der Waals surface area contributed by atoms with Crippen LogP contribution in [-0.4, -0.2) is 29.9 Å². The van der Waals surface area contributed by atoms with Crippen molar-refractivity contribution in [3.8, 4) is 0 Å². The Kier molecular flexibility index (Phi) is 5.71. The van der Waals surface area contributed by atoms with E-state index in [0.29, 0.717) is 12.6 Å². The predicted molar refractivity (Wildman–Crippen MR) is 88.5 cm³/mol. The Hall–Kier alpha value is -1.00. The minimum Gasteiger partial charge on any atom is -0.465 e. The minimum absolute atomic E-state index is 0.130. The number of thioether (sulfide) groups is 1. The SMILES string of the molecule is CCOC(=O)C(C)(CSCc1ccccc1C)NC1CC1. The van der Waals surface area contributed by atoms with Gasteiger partial charge in [0.2, 0.25) is 0 Å². The summed E-state index contributed by atoms with van der Waals surface area (Å²) in [6.07, 6.45) is 2.33. The lowest BCUT2D eigenvalue weighted by atomic mass is 10.1. The van der Waals surface area contributed by atoms with Gasteiger partial charge in [-0.05, 0) is 44.7 Å². The second-order valence-electron chi connectivity index (χ2n) is 5.89. The zero-order valence-corrected chi connectivity index (χ0v) is 14.0. The first-order valence-corrected chi connectivity index (χ1v) is 8.78. The lowest BCUT2D eigenvalue weighted by Gasteiger charge is -2.28. The fraction of sp³-hybridized carbons (Fsp3) is 0.588. The van der Waals surface area contributed by atoms with Gasteiger partial charge >= 0.3 is 5.97 Å². The maximum Gasteiger partial charge on any atom is 0.326 e. The fourth-order valence-electron chi connectivity index (χ4n) is 2.27. The van der Waals surface area contributed by atoms with Gasteiger partial charge in [0.25, 0.3) is 0 Å². The Balaban J connectivity index is 1.92. The van der Waals surface area contributed by atoms with E-state index in [1.807, 2.05) is 13.8 Å². The summed E-state index contributed by atoms with van der Waals surface area (Å²) < 4.78 is 5.25. The molecule has 1 aromatic rings. The molecule has 2 rings (SSSR count). The summed E-state index contributed by atoms with van der Waals surface area (Å²) in [6.45, 7) is 6.39. The molecule has 0 radical (unpaired) electrons. The first-order chi connectivity index (χ1) is 10.0. The molecule has 0 spiro atoms. The van der Waals surface area contributed by atoms with Crippen molar-refractivity contribution in [3.05, 3.63) is 35.4 Å². The number of ether oxygens (including phenoxy) is 1. The minimum atomic E-state index is -0.579. The van der Waals surface area contributed by atoms with Crippen LogP contribution in [0.1, 0.15) is 37.8 Å². The van der Waals surface area contributed by atoms with E-state index in [1.54, 1.807) is 11.8 Å². The molecule has 21 heavy (non-hydrogen) atoms. The number of nitrogens with one attached hydrogen (secondary N) is 1. The van der Waals surface area contributed by atoms with Crippen LogP contribution in [0.5, 0.6) is 0 Å². The predicted octanol–water partition coefficient (Wildman–Crippen LogP) is 3.30. The first-order valence-electron chi connectivity index (χ1n) is 7.62. The number of carbonyl (C=O) groups excluding carboxylic acids is 1. The number of esters is 1. The van der Waals surface area contributed by atoms with Gasteiger partial charge in [-0.2, -0.15) is 11.8 Å². The zero-order valence-electron chi connectivity index (χ0n) is 13.1. The summed E-state index contributed by atoms with van der Waals surface area (Å²) in [6, 6.07) is 8.89. The molecule has 1 N–H and O–H groups in total. The second-order valence-corrected chi connectivity index (χ2v) is 6.88. The van der Waals surface area contributed by atoms with Crippen LogP contribution in [0, 0.1) is 6.92 Å². The van der Waals surface area contributed by atoms with E-state index in [0.717, 1.165) is 24.3 Å². The molecule has 3 nitrogen and oxygen atoms in total. The molecule has 1 saturated carbocycles. The van der Waals surface area contributed by atoms with E-state index in [-0.39, 0.29) is 5.97 Å². The van der Waals surface area contributed by atoms with Crippen LogP contribution in [0.3, 0.4) is 0 Å². The van der Waals surface area contributed by atoms with Crippen LogP contribution in [-0.2, 0) is 15.3 Å². The van der Waals surface area contributed by atoms with E-state index < -0.39 is 5.54 Å². The Morgan fingerprint density at radius 3 is 2.76 bits per heavy atom. The number of hydrogen-bond donors (Lipinski definition) is 1. The normalized spacial score (nSPS) is 17.3. The van der Waals surface area contributed by atoms with Crippen LogP contribution < -0.4 is 5.32 Å². The molecule has 0 aliphatic heterocycles. The summed E-state index contributed by atoms with van der Waals surface area (Å²) >= 11 is 1.79. The van der Waals surface area contributed by atoms with E-state index in [4.69, 9.17) is 4.74 Å². The first kappa shape index (κ1) is 16.4. The van der Waals surface area contributed by atoms with E-state index in [9.17, 15) is 4.79 Å². The molecule has 1 atom stereocenters. The van der Waals surface area contributed by atoms with Gasteiger partial charge in [-0.15, -0.1) is 0 Å². The summed E-state index contributed by atoms with van der Waals surface area (Å²) in [5.74, 6) is 1.53. The molecule has 116 valence electrons. The monoisotopic (exact) mass is 307 g/mol. The van der Waals surface area contributed by atoms with Crippen molar-refractivity contribution in [1.29, 1.82) is 0 Å². The van der Waals surface area contributed by atoms with Crippen LogP contribution in [0.4, 0.5) is 0 Å². The number of benzene rings is 1. The molecule has 1 aliphatic carbocycles.